The highest BCUT2D eigenvalue weighted by atomic mass is 16.5. The quantitative estimate of drug-likeness (QED) is 0.560. The van der Waals surface area contributed by atoms with E-state index in [0.29, 0.717) is 6.61 Å². The van der Waals surface area contributed by atoms with Crippen LogP contribution < -0.4 is 0 Å². The number of rotatable bonds is 8. The lowest BCUT2D eigenvalue weighted by atomic mass is 9.94. The molecule has 0 N–H and O–H groups in total. The zero-order valence-corrected chi connectivity index (χ0v) is 9.84. The highest BCUT2D eigenvalue weighted by Gasteiger charge is 2.07. The predicted molar refractivity (Wildman–Crippen MR) is 59.2 cm³/mol. The third-order valence-corrected chi connectivity index (χ3v) is 2.49. The molecule has 0 heterocycles. The molecule has 84 valence electrons. The van der Waals surface area contributed by atoms with Crippen LogP contribution in [0.5, 0.6) is 0 Å². The number of carbonyl (C=O) groups is 1. The molecule has 1 unspecified atom stereocenters. The Labute approximate surface area is 88.0 Å². The summed E-state index contributed by atoms with van der Waals surface area (Å²) in [4.78, 5) is 10.6. The van der Waals surface area contributed by atoms with Crippen LogP contribution in [0.15, 0.2) is 0 Å². The molecule has 0 fully saturated rings. The number of esters is 1. The Balaban J connectivity index is 3.55. The first-order valence-electron chi connectivity index (χ1n) is 5.84. The number of hydrogen-bond acceptors (Lipinski definition) is 2. The van der Waals surface area contributed by atoms with Gasteiger partial charge >= 0.3 is 5.97 Å². The fourth-order valence-electron chi connectivity index (χ4n) is 1.70. The topological polar surface area (TPSA) is 26.3 Å². The number of carbonyl (C=O) groups excluding carboxylic acids is 1. The summed E-state index contributed by atoms with van der Waals surface area (Å²) in [6.45, 7) is 6.50. The van der Waals surface area contributed by atoms with Crippen LogP contribution in [0.2, 0.25) is 0 Å². The van der Waals surface area contributed by atoms with Crippen molar-refractivity contribution in [3.8, 4) is 0 Å². The largest absolute Gasteiger partial charge is 0.466 e. The number of hydrogen-bond donors (Lipinski definition) is 0. The molecule has 0 rings (SSSR count). The molecule has 2 nitrogen and oxygen atoms in total. The van der Waals surface area contributed by atoms with E-state index in [4.69, 9.17) is 4.74 Å². The standard InChI is InChI=1S/C12H24O2/c1-4-6-8-12(7-5-2)9-10-14-11(3)13/h12H,4-10H2,1-3H3. The van der Waals surface area contributed by atoms with Crippen LogP contribution in [-0.2, 0) is 9.53 Å². The second-order valence-electron chi connectivity index (χ2n) is 3.93. The molecule has 0 aromatic rings. The minimum absolute atomic E-state index is 0.157. The smallest absolute Gasteiger partial charge is 0.302 e. The van der Waals surface area contributed by atoms with Crippen molar-refractivity contribution < 1.29 is 9.53 Å². The third kappa shape index (κ3) is 8.09. The Morgan fingerprint density at radius 2 is 1.86 bits per heavy atom. The first-order valence-corrected chi connectivity index (χ1v) is 5.84. The van der Waals surface area contributed by atoms with Crippen molar-refractivity contribution in [1.82, 2.24) is 0 Å². The summed E-state index contributed by atoms with van der Waals surface area (Å²) in [5.74, 6) is 0.593. The molecular weight excluding hydrogens is 176 g/mol. The molecule has 0 saturated heterocycles. The predicted octanol–water partition coefficient (Wildman–Crippen LogP) is 3.55. The average Bonchev–Trinajstić information content (AvgIpc) is 2.13. The van der Waals surface area contributed by atoms with Gasteiger partial charge in [-0.15, -0.1) is 0 Å². The van der Waals surface area contributed by atoms with Gasteiger partial charge in [-0.2, -0.15) is 0 Å². The summed E-state index contributed by atoms with van der Waals surface area (Å²) in [5, 5.41) is 0. The van der Waals surface area contributed by atoms with E-state index in [2.05, 4.69) is 13.8 Å². The van der Waals surface area contributed by atoms with Gasteiger partial charge in [0.15, 0.2) is 0 Å². The molecule has 0 aromatic carbocycles. The molecule has 0 amide bonds. The van der Waals surface area contributed by atoms with Gasteiger partial charge in [0.2, 0.25) is 0 Å². The fraction of sp³-hybridized carbons (Fsp3) is 0.917. The lowest BCUT2D eigenvalue weighted by Gasteiger charge is -2.15. The summed E-state index contributed by atoms with van der Waals surface area (Å²) in [6, 6.07) is 0. The molecule has 0 aromatic heterocycles. The highest BCUT2D eigenvalue weighted by Crippen LogP contribution is 2.18. The molecule has 0 saturated carbocycles. The first kappa shape index (κ1) is 13.5. The SMILES string of the molecule is CCCCC(CCC)CCOC(C)=O. The van der Waals surface area contributed by atoms with Crippen molar-refractivity contribution in [1.29, 1.82) is 0 Å². The maximum Gasteiger partial charge on any atom is 0.302 e. The van der Waals surface area contributed by atoms with Crippen LogP contribution in [0.3, 0.4) is 0 Å². The van der Waals surface area contributed by atoms with Gasteiger partial charge in [0.25, 0.3) is 0 Å². The van der Waals surface area contributed by atoms with Crippen LogP contribution in [0.1, 0.15) is 59.3 Å². The molecule has 1 atom stereocenters. The third-order valence-electron chi connectivity index (χ3n) is 2.49. The summed E-state index contributed by atoms with van der Waals surface area (Å²) >= 11 is 0. The highest BCUT2D eigenvalue weighted by molar-refractivity contribution is 5.65. The van der Waals surface area contributed by atoms with Gasteiger partial charge in [0, 0.05) is 6.92 Å². The minimum Gasteiger partial charge on any atom is -0.466 e. The van der Waals surface area contributed by atoms with Crippen molar-refractivity contribution in [2.45, 2.75) is 59.3 Å². The maximum absolute atomic E-state index is 10.6. The van der Waals surface area contributed by atoms with E-state index in [0.717, 1.165) is 12.3 Å². The molecule has 0 radical (unpaired) electrons. The normalized spacial score (nSPS) is 12.5. The second kappa shape index (κ2) is 9.04. The molecule has 0 aliphatic heterocycles. The Hall–Kier alpha value is -0.530. The molecule has 0 spiro atoms. The molecule has 0 aliphatic carbocycles. The van der Waals surface area contributed by atoms with E-state index >= 15 is 0 Å². The second-order valence-corrected chi connectivity index (χ2v) is 3.93. The molecular formula is C12H24O2. The Kier molecular flexibility index (Phi) is 8.70. The van der Waals surface area contributed by atoms with Crippen molar-refractivity contribution >= 4 is 5.97 Å². The number of unbranched alkanes of at least 4 members (excludes halogenated alkanes) is 1. The molecule has 14 heavy (non-hydrogen) atoms. The van der Waals surface area contributed by atoms with Crippen molar-refractivity contribution in [2.24, 2.45) is 5.92 Å². The Bertz CT molecular complexity index is 143. The van der Waals surface area contributed by atoms with Crippen molar-refractivity contribution in [2.75, 3.05) is 6.61 Å². The summed E-state index contributed by atoms with van der Waals surface area (Å²) in [7, 11) is 0. The lowest BCUT2D eigenvalue weighted by Crippen LogP contribution is -2.08. The average molecular weight is 200 g/mol. The van der Waals surface area contributed by atoms with E-state index in [9.17, 15) is 4.79 Å². The zero-order chi connectivity index (χ0) is 10.8. The van der Waals surface area contributed by atoms with E-state index < -0.39 is 0 Å². The summed E-state index contributed by atoms with van der Waals surface area (Å²) < 4.78 is 4.96. The van der Waals surface area contributed by atoms with Gasteiger partial charge in [0.1, 0.15) is 0 Å². The zero-order valence-electron chi connectivity index (χ0n) is 9.84. The monoisotopic (exact) mass is 200 g/mol. The summed E-state index contributed by atoms with van der Waals surface area (Å²) in [5.41, 5.74) is 0. The van der Waals surface area contributed by atoms with Crippen LogP contribution in [0, 0.1) is 5.92 Å². The minimum atomic E-state index is -0.157. The summed E-state index contributed by atoms with van der Waals surface area (Å²) in [6.07, 6.45) is 7.37. The van der Waals surface area contributed by atoms with E-state index in [1.807, 2.05) is 0 Å². The van der Waals surface area contributed by atoms with Crippen LogP contribution in [0.25, 0.3) is 0 Å². The van der Waals surface area contributed by atoms with Gasteiger partial charge in [-0.05, 0) is 12.3 Å². The van der Waals surface area contributed by atoms with Crippen LogP contribution in [-0.4, -0.2) is 12.6 Å². The van der Waals surface area contributed by atoms with Gasteiger partial charge < -0.3 is 4.74 Å². The van der Waals surface area contributed by atoms with Crippen molar-refractivity contribution in [3.63, 3.8) is 0 Å². The van der Waals surface area contributed by atoms with Gasteiger partial charge in [-0.1, -0.05) is 46.0 Å². The van der Waals surface area contributed by atoms with Crippen LogP contribution >= 0.6 is 0 Å². The molecule has 2 heteroatoms. The fourth-order valence-corrected chi connectivity index (χ4v) is 1.70. The maximum atomic E-state index is 10.6. The van der Waals surface area contributed by atoms with Gasteiger partial charge in [0.05, 0.1) is 6.61 Å². The Morgan fingerprint density at radius 3 is 2.36 bits per heavy atom. The number of ether oxygens (including phenoxy) is 1. The lowest BCUT2D eigenvalue weighted by molar-refractivity contribution is -0.141. The van der Waals surface area contributed by atoms with E-state index in [1.165, 1.54) is 39.0 Å². The molecule has 0 aliphatic rings. The first-order chi connectivity index (χ1) is 6.70. The Morgan fingerprint density at radius 1 is 1.14 bits per heavy atom. The van der Waals surface area contributed by atoms with E-state index in [-0.39, 0.29) is 5.97 Å². The van der Waals surface area contributed by atoms with Crippen molar-refractivity contribution in [3.05, 3.63) is 0 Å². The van der Waals surface area contributed by atoms with E-state index in [1.54, 1.807) is 0 Å². The van der Waals surface area contributed by atoms with Gasteiger partial charge in [-0.25, -0.2) is 0 Å². The van der Waals surface area contributed by atoms with Gasteiger partial charge in [-0.3, -0.25) is 4.79 Å². The van der Waals surface area contributed by atoms with Crippen LogP contribution in [0.4, 0.5) is 0 Å². The molecule has 0 bridgehead atoms.